The van der Waals surface area contributed by atoms with E-state index >= 15 is 0 Å². The van der Waals surface area contributed by atoms with Crippen LogP contribution in [0.3, 0.4) is 0 Å². The van der Waals surface area contributed by atoms with Crippen molar-refractivity contribution < 1.29 is 37.4 Å². The topological polar surface area (TPSA) is 147 Å². The number of aliphatic imine (C=N–C) groups is 1. The zero-order valence-corrected chi connectivity index (χ0v) is 24.4. The van der Waals surface area contributed by atoms with Crippen LogP contribution in [-0.2, 0) is 14.4 Å². The van der Waals surface area contributed by atoms with E-state index in [9.17, 15) is 22.8 Å². The zero-order chi connectivity index (χ0) is 31.7. The number of alkyl halides is 3. The highest BCUT2D eigenvalue weighted by atomic mass is 19.4. The molecule has 5 atom stereocenters. The molecule has 2 amide bonds. The number of hydrogen-bond donors (Lipinski definition) is 3. The van der Waals surface area contributed by atoms with Gasteiger partial charge in [-0.2, -0.15) is 13.2 Å². The van der Waals surface area contributed by atoms with Gasteiger partial charge >= 0.3 is 12.1 Å². The van der Waals surface area contributed by atoms with E-state index in [2.05, 4.69) is 29.1 Å². The molecular formula is C30H36F3N5O5. The fourth-order valence-electron chi connectivity index (χ4n) is 5.62. The molecule has 3 heterocycles. The third-order valence-corrected chi connectivity index (χ3v) is 8.00. The number of carbonyl (C=O) groups is 3. The van der Waals surface area contributed by atoms with E-state index in [0.29, 0.717) is 12.8 Å². The molecule has 2 unspecified atom stereocenters. The minimum Gasteiger partial charge on any atom is -0.487 e. The van der Waals surface area contributed by atoms with Crippen LogP contribution in [0.1, 0.15) is 76.6 Å². The normalized spacial score (nSPS) is 26.5. The molecule has 0 spiro atoms. The Morgan fingerprint density at radius 3 is 2.47 bits per heavy atom. The van der Waals surface area contributed by atoms with Crippen molar-refractivity contribution in [2.45, 2.75) is 82.8 Å². The number of halogens is 3. The molecule has 0 bridgehead atoms. The van der Waals surface area contributed by atoms with Crippen LogP contribution in [0.5, 0.6) is 5.75 Å². The predicted molar refractivity (Wildman–Crippen MR) is 151 cm³/mol. The van der Waals surface area contributed by atoms with Crippen LogP contribution in [0, 0.1) is 11.8 Å². The maximum Gasteiger partial charge on any atom is 0.490 e. The molecule has 2 aliphatic heterocycles. The molecule has 1 aromatic carbocycles. The predicted octanol–water partition coefficient (Wildman–Crippen LogP) is 4.53. The van der Waals surface area contributed by atoms with Crippen molar-refractivity contribution >= 4 is 23.7 Å². The Hall–Kier alpha value is -4.16. The molecule has 232 valence electrons. The van der Waals surface area contributed by atoms with Gasteiger partial charge in [0.05, 0.1) is 24.0 Å². The Bertz CT molecular complexity index is 1400. The van der Waals surface area contributed by atoms with E-state index in [0.717, 1.165) is 23.3 Å². The van der Waals surface area contributed by atoms with Crippen molar-refractivity contribution in [3.05, 3.63) is 59.9 Å². The second kappa shape index (κ2) is 11.8. The Labute approximate surface area is 247 Å². The summed E-state index contributed by atoms with van der Waals surface area (Å²) in [4.78, 5) is 46.1. The highest BCUT2D eigenvalue weighted by molar-refractivity contribution is 5.99. The smallest absolute Gasteiger partial charge is 0.487 e. The third-order valence-electron chi connectivity index (χ3n) is 8.00. The van der Waals surface area contributed by atoms with E-state index < -0.39 is 17.7 Å². The Kier molecular flexibility index (Phi) is 8.75. The lowest BCUT2D eigenvalue weighted by Gasteiger charge is -2.40. The number of ether oxygens (including phenoxy) is 1. The standard InChI is InChI=1S/C28H35N5O3.C2HF3O2/c1-5-28(4)14-21(18-10-6-7-11-22(18)36-28)31-25(35)20-13-19(20)24(17-9-8-12-30-16-17)33-23(34)15-27(2,3)32-26(33)29;3-2(4,5)1(6)7/h6-12,16,19-21,24H,5,13-15H2,1-4H3,(H2,29,32)(H,31,35);(H,6,7)/t19-,20-,21?,24-,28?;/m1./s1. The number of nitrogens with one attached hydrogen (secondary N) is 1. The van der Waals surface area contributed by atoms with E-state index in [-0.39, 0.29) is 53.7 Å². The third kappa shape index (κ3) is 7.26. The Balaban J connectivity index is 0.000000541. The molecule has 43 heavy (non-hydrogen) atoms. The minimum absolute atomic E-state index is 0.00524. The molecule has 10 nitrogen and oxygen atoms in total. The van der Waals surface area contributed by atoms with Gasteiger partial charge in [-0.3, -0.25) is 19.5 Å². The van der Waals surface area contributed by atoms with Crippen LogP contribution in [0.2, 0.25) is 0 Å². The molecule has 1 fully saturated rings. The first-order chi connectivity index (χ1) is 20.0. The Morgan fingerprint density at radius 2 is 1.88 bits per heavy atom. The number of rotatable bonds is 6. The van der Waals surface area contributed by atoms with Crippen LogP contribution in [-0.4, -0.2) is 56.0 Å². The molecular weight excluding hydrogens is 567 g/mol. The van der Waals surface area contributed by atoms with Gasteiger partial charge in [-0.05, 0) is 57.2 Å². The number of fused-ring (bicyclic) bond motifs is 1. The lowest BCUT2D eigenvalue weighted by molar-refractivity contribution is -0.192. The number of amides is 2. The van der Waals surface area contributed by atoms with Gasteiger partial charge < -0.3 is 20.9 Å². The molecule has 0 saturated heterocycles. The Morgan fingerprint density at radius 1 is 1.21 bits per heavy atom. The van der Waals surface area contributed by atoms with Gasteiger partial charge in [0.1, 0.15) is 11.4 Å². The van der Waals surface area contributed by atoms with E-state index in [1.165, 1.54) is 0 Å². The van der Waals surface area contributed by atoms with Crippen LogP contribution < -0.4 is 15.8 Å². The van der Waals surface area contributed by atoms with Crippen molar-refractivity contribution in [3.8, 4) is 5.75 Å². The average Bonchev–Trinajstić information content (AvgIpc) is 3.71. The fraction of sp³-hybridized carbons (Fsp3) is 0.500. The number of carbonyl (C=O) groups excluding carboxylic acids is 2. The van der Waals surface area contributed by atoms with E-state index in [1.807, 2.05) is 50.2 Å². The number of aromatic nitrogens is 1. The molecule has 1 saturated carbocycles. The summed E-state index contributed by atoms with van der Waals surface area (Å²) in [6.45, 7) is 7.99. The highest BCUT2D eigenvalue weighted by Crippen LogP contribution is 2.51. The van der Waals surface area contributed by atoms with Gasteiger partial charge in [-0.15, -0.1) is 0 Å². The first kappa shape index (κ1) is 31.8. The average molecular weight is 604 g/mol. The maximum absolute atomic E-state index is 13.5. The molecule has 5 rings (SSSR count). The summed E-state index contributed by atoms with van der Waals surface area (Å²) in [5, 5.41) is 10.4. The van der Waals surface area contributed by atoms with Gasteiger partial charge in [0.2, 0.25) is 11.8 Å². The molecule has 2 aromatic rings. The van der Waals surface area contributed by atoms with Gasteiger partial charge in [0, 0.05) is 30.3 Å². The van der Waals surface area contributed by atoms with E-state index in [4.69, 9.17) is 20.4 Å². The highest BCUT2D eigenvalue weighted by Gasteiger charge is 2.53. The van der Waals surface area contributed by atoms with Gasteiger partial charge in [0.15, 0.2) is 5.96 Å². The second-order valence-electron chi connectivity index (χ2n) is 12.0. The quantitative estimate of drug-likeness (QED) is 0.440. The number of carboxylic acid groups (broad SMARTS) is 1. The maximum atomic E-state index is 13.5. The number of para-hydroxylation sites is 1. The number of aliphatic carboxylic acids is 1. The number of pyridine rings is 1. The number of nitrogens with zero attached hydrogens (tertiary/aromatic N) is 3. The van der Waals surface area contributed by atoms with Crippen LogP contribution in [0.15, 0.2) is 53.8 Å². The van der Waals surface area contributed by atoms with Crippen molar-refractivity contribution in [3.63, 3.8) is 0 Å². The molecule has 13 heteroatoms. The SMILES string of the molecule is CCC1(C)CC(NC(=O)[C@@H]2C[C@H]2[C@@H](c2cccnc2)N2C(=O)CC(C)(C)N=C2N)c2ccccc2O1.O=C(O)C(F)(F)F. The number of benzene rings is 1. The zero-order valence-electron chi connectivity index (χ0n) is 24.4. The number of guanidine groups is 1. The summed E-state index contributed by atoms with van der Waals surface area (Å²) in [5.74, 6) is -2.11. The lowest BCUT2D eigenvalue weighted by atomic mass is 9.86. The first-order valence-corrected chi connectivity index (χ1v) is 14.0. The van der Waals surface area contributed by atoms with Crippen molar-refractivity contribution in [2.24, 2.45) is 22.6 Å². The summed E-state index contributed by atoms with van der Waals surface area (Å²) in [7, 11) is 0. The summed E-state index contributed by atoms with van der Waals surface area (Å²) < 4.78 is 38.0. The molecule has 3 aliphatic rings. The molecule has 0 radical (unpaired) electrons. The largest absolute Gasteiger partial charge is 0.490 e. The summed E-state index contributed by atoms with van der Waals surface area (Å²) in [6, 6.07) is 11.2. The van der Waals surface area contributed by atoms with E-state index in [1.54, 1.807) is 17.3 Å². The van der Waals surface area contributed by atoms with Crippen LogP contribution in [0.4, 0.5) is 13.2 Å². The minimum atomic E-state index is -5.08. The first-order valence-electron chi connectivity index (χ1n) is 14.0. The summed E-state index contributed by atoms with van der Waals surface area (Å²) >= 11 is 0. The molecule has 1 aromatic heterocycles. The fourth-order valence-corrected chi connectivity index (χ4v) is 5.62. The monoisotopic (exact) mass is 603 g/mol. The lowest BCUT2D eigenvalue weighted by Crippen LogP contribution is -2.52. The van der Waals surface area contributed by atoms with Gasteiger partial charge in [-0.25, -0.2) is 9.79 Å². The van der Waals surface area contributed by atoms with Crippen LogP contribution in [0.25, 0.3) is 0 Å². The van der Waals surface area contributed by atoms with Gasteiger partial charge in [-0.1, -0.05) is 31.2 Å². The molecule has 1 aliphatic carbocycles. The number of hydrogen-bond acceptors (Lipinski definition) is 7. The number of carboxylic acids is 1. The van der Waals surface area contributed by atoms with Crippen LogP contribution >= 0.6 is 0 Å². The summed E-state index contributed by atoms with van der Waals surface area (Å²) in [6.07, 6.45) is 0.845. The van der Waals surface area contributed by atoms with Crippen molar-refractivity contribution in [2.75, 3.05) is 0 Å². The second-order valence-corrected chi connectivity index (χ2v) is 12.0. The van der Waals surface area contributed by atoms with Crippen molar-refractivity contribution in [1.82, 2.24) is 15.2 Å². The number of nitrogens with two attached hydrogens (primary N) is 1. The summed E-state index contributed by atoms with van der Waals surface area (Å²) in [5.41, 5.74) is 7.32. The van der Waals surface area contributed by atoms with Gasteiger partial charge in [0.25, 0.3) is 0 Å². The van der Waals surface area contributed by atoms with Crippen molar-refractivity contribution in [1.29, 1.82) is 0 Å². The molecule has 4 N–H and O–H groups in total.